The summed E-state index contributed by atoms with van der Waals surface area (Å²) >= 11 is 0. The maximum atomic E-state index is 14.7. The quantitative estimate of drug-likeness (QED) is 0.197. The first-order valence-corrected chi connectivity index (χ1v) is 14.8. The Morgan fingerprint density at radius 1 is 1.07 bits per heavy atom. The predicted molar refractivity (Wildman–Crippen MR) is 153 cm³/mol. The Morgan fingerprint density at radius 2 is 1.71 bits per heavy atom. The van der Waals surface area contributed by atoms with Gasteiger partial charge >= 0.3 is 23.9 Å². The van der Waals surface area contributed by atoms with Gasteiger partial charge in [-0.05, 0) is 38.0 Å². The molecule has 0 saturated heterocycles. The maximum absolute atomic E-state index is 14.7. The molecule has 45 heavy (non-hydrogen) atoms. The van der Waals surface area contributed by atoms with Crippen molar-refractivity contribution in [3.05, 3.63) is 46.8 Å². The third-order valence-corrected chi connectivity index (χ3v) is 10.7. The number of hydrogen-bond acceptors (Lipinski definition) is 12. The first-order valence-electron chi connectivity index (χ1n) is 14.8. The molecule has 1 unspecified atom stereocenters. The zero-order chi connectivity index (χ0) is 33.6. The fourth-order valence-corrected chi connectivity index (χ4v) is 8.82. The van der Waals surface area contributed by atoms with Gasteiger partial charge in [0.25, 0.3) is 0 Å². The van der Waals surface area contributed by atoms with E-state index in [0.29, 0.717) is 5.57 Å². The Labute approximate surface area is 260 Å². The number of methoxy groups -OCH3 is 1. The van der Waals surface area contributed by atoms with E-state index in [4.69, 9.17) is 18.9 Å². The number of cyclic esters (lactones) is 1. The van der Waals surface area contributed by atoms with Gasteiger partial charge in [0.05, 0.1) is 18.4 Å². The summed E-state index contributed by atoms with van der Waals surface area (Å²) in [6.45, 7) is 10.6. The largest absolute Gasteiger partial charge is 0.504 e. The van der Waals surface area contributed by atoms with Gasteiger partial charge in [-0.25, -0.2) is 4.79 Å². The van der Waals surface area contributed by atoms with E-state index < -0.39 is 99.1 Å². The number of aliphatic hydroxyl groups is 2. The number of ether oxygens (including phenoxy) is 4. The third kappa shape index (κ3) is 4.06. The topological polar surface area (TPSA) is 180 Å². The molecule has 9 atom stereocenters. The lowest BCUT2D eigenvalue weighted by atomic mass is 9.40. The van der Waals surface area contributed by atoms with Crippen molar-refractivity contribution in [2.75, 3.05) is 7.11 Å². The minimum absolute atomic E-state index is 0.0989. The van der Waals surface area contributed by atoms with Crippen molar-refractivity contribution in [1.82, 2.24) is 0 Å². The van der Waals surface area contributed by atoms with Crippen LogP contribution in [0.15, 0.2) is 46.8 Å². The van der Waals surface area contributed by atoms with Gasteiger partial charge < -0.3 is 29.2 Å². The number of hydrogen-bond donors (Lipinski definition) is 2. The molecular weight excluding hydrogens is 588 g/mol. The van der Waals surface area contributed by atoms with E-state index in [9.17, 15) is 39.0 Å². The second-order valence-electron chi connectivity index (χ2n) is 13.5. The van der Waals surface area contributed by atoms with Gasteiger partial charge in [-0.3, -0.25) is 24.0 Å². The molecule has 1 heterocycles. The Hall–Kier alpha value is -4.06. The van der Waals surface area contributed by atoms with Gasteiger partial charge in [-0.1, -0.05) is 39.8 Å². The number of rotatable bonds is 5. The minimum Gasteiger partial charge on any atom is -0.504 e. The van der Waals surface area contributed by atoms with Crippen LogP contribution in [0.3, 0.4) is 0 Å². The van der Waals surface area contributed by atoms with Gasteiger partial charge in [0.1, 0.15) is 12.2 Å². The molecule has 0 amide bonds. The van der Waals surface area contributed by atoms with E-state index in [1.54, 1.807) is 40.7 Å². The van der Waals surface area contributed by atoms with Crippen LogP contribution in [0, 0.1) is 39.4 Å². The molecule has 12 nitrogen and oxygen atoms in total. The molecule has 0 aromatic heterocycles. The normalized spacial score (nSPS) is 40.2. The first-order chi connectivity index (χ1) is 20.8. The number of esters is 4. The zero-order valence-corrected chi connectivity index (χ0v) is 26.5. The Balaban J connectivity index is 1.86. The molecule has 0 spiro atoms. The van der Waals surface area contributed by atoms with Crippen LogP contribution in [0.2, 0.25) is 0 Å². The monoisotopic (exact) mass is 626 g/mol. The number of Topliss-reactive ketones (excluding diaryl/α,β-unsaturated/α-hetero) is 1. The summed E-state index contributed by atoms with van der Waals surface area (Å²) in [6, 6.07) is 0. The van der Waals surface area contributed by atoms with Crippen molar-refractivity contribution in [3.63, 3.8) is 0 Å². The maximum Gasteiger partial charge on any atom is 0.336 e. The molecule has 0 radical (unpaired) electrons. The molecular formula is C33H38O12. The average Bonchev–Trinajstić information content (AvgIpc) is 3.48. The second-order valence-corrected chi connectivity index (χ2v) is 13.5. The van der Waals surface area contributed by atoms with Gasteiger partial charge in [0.15, 0.2) is 17.0 Å². The number of carbonyl (C=O) groups excluding carboxylic acids is 6. The lowest BCUT2D eigenvalue weighted by molar-refractivity contribution is -0.211. The number of carbonyl (C=O) groups is 6. The first kappa shape index (κ1) is 32.3. The smallest absolute Gasteiger partial charge is 0.336 e. The van der Waals surface area contributed by atoms with E-state index in [2.05, 4.69) is 0 Å². The van der Waals surface area contributed by atoms with Gasteiger partial charge in [-0.2, -0.15) is 0 Å². The molecule has 12 heteroatoms. The molecule has 5 rings (SSSR count). The summed E-state index contributed by atoms with van der Waals surface area (Å²) in [7, 11) is 1.08. The Kier molecular flexibility index (Phi) is 7.35. The summed E-state index contributed by atoms with van der Waals surface area (Å²) < 4.78 is 22.2. The Morgan fingerprint density at radius 3 is 2.24 bits per heavy atom. The third-order valence-electron chi connectivity index (χ3n) is 10.7. The summed E-state index contributed by atoms with van der Waals surface area (Å²) in [5, 5.41) is 21.9. The van der Waals surface area contributed by atoms with Crippen LogP contribution in [0.4, 0.5) is 0 Å². The summed E-state index contributed by atoms with van der Waals surface area (Å²) in [5.41, 5.74) is -6.38. The number of aliphatic hydroxyl groups excluding tert-OH is 2. The standard InChI is InChI=1S/C33H38O12/c1-14(2)27(39)45-26-22(43-15(3)34)24-30(4)12-11-19(35)33(7,29(41)42-8)23(30)21(37)25(38)32(24,6)18-10-9-17(31(18,26)5)16-13-20(36)44-28(16)40/h10-14,17,20,22,24,26,36-37H,9H2,1-8H3/t17-,20?,22+,24+,26-,30-,31-,32-,33-/m0/s1. The van der Waals surface area contributed by atoms with Crippen molar-refractivity contribution in [2.24, 2.45) is 39.4 Å². The van der Waals surface area contributed by atoms with E-state index >= 15 is 0 Å². The molecule has 5 aliphatic rings. The average molecular weight is 627 g/mol. The number of allylic oxidation sites excluding steroid dienone is 4. The van der Waals surface area contributed by atoms with Crippen LogP contribution in [-0.4, -0.2) is 71.3 Å². The van der Waals surface area contributed by atoms with Crippen molar-refractivity contribution in [2.45, 2.75) is 73.4 Å². The van der Waals surface area contributed by atoms with Crippen LogP contribution in [0.1, 0.15) is 54.9 Å². The summed E-state index contributed by atoms with van der Waals surface area (Å²) in [4.78, 5) is 80.4. The van der Waals surface area contributed by atoms with E-state index in [-0.39, 0.29) is 17.6 Å². The molecule has 1 saturated carbocycles. The summed E-state index contributed by atoms with van der Waals surface area (Å²) in [6.07, 6.45) is 1.61. The van der Waals surface area contributed by atoms with Gasteiger partial charge in [0, 0.05) is 40.7 Å². The van der Waals surface area contributed by atoms with Crippen molar-refractivity contribution < 1.29 is 57.9 Å². The highest BCUT2D eigenvalue weighted by Gasteiger charge is 2.76. The number of ketones is 2. The van der Waals surface area contributed by atoms with Crippen LogP contribution < -0.4 is 0 Å². The van der Waals surface area contributed by atoms with Crippen LogP contribution >= 0.6 is 0 Å². The van der Waals surface area contributed by atoms with E-state index in [1.807, 2.05) is 0 Å². The Bertz CT molecular complexity index is 1560. The summed E-state index contributed by atoms with van der Waals surface area (Å²) in [5.74, 6) is -8.11. The van der Waals surface area contributed by atoms with Crippen LogP contribution in [-0.2, 0) is 47.7 Å². The zero-order valence-electron chi connectivity index (χ0n) is 26.5. The molecule has 242 valence electrons. The fraction of sp³-hybridized carbons (Fsp3) is 0.576. The molecule has 1 fully saturated rings. The molecule has 0 aromatic rings. The van der Waals surface area contributed by atoms with Crippen molar-refractivity contribution >= 4 is 35.4 Å². The highest BCUT2D eigenvalue weighted by molar-refractivity contribution is 6.16. The predicted octanol–water partition coefficient (Wildman–Crippen LogP) is 2.60. The second kappa shape index (κ2) is 10.2. The molecule has 0 aromatic carbocycles. The lowest BCUT2D eigenvalue weighted by Crippen LogP contribution is -2.70. The molecule has 4 aliphatic carbocycles. The minimum atomic E-state index is -2.11. The molecule has 1 aliphatic heterocycles. The number of fused-ring (bicyclic) bond motifs is 5. The van der Waals surface area contributed by atoms with E-state index in [1.165, 1.54) is 25.2 Å². The highest BCUT2D eigenvalue weighted by Crippen LogP contribution is 2.71. The van der Waals surface area contributed by atoms with Gasteiger partial charge in [0.2, 0.25) is 12.1 Å². The fourth-order valence-electron chi connectivity index (χ4n) is 8.82. The highest BCUT2D eigenvalue weighted by atomic mass is 16.6. The van der Waals surface area contributed by atoms with Crippen LogP contribution in [0.25, 0.3) is 0 Å². The van der Waals surface area contributed by atoms with Gasteiger partial charge in [-0.15, -0.1) is 0 Å². The molecule has 2 N–H and O–H groups in total. The van der Waals surface area contributed by atoms with E-state index in [0.717, 1.165) is 14.0 Å². The SMILES string of the molecule is COC(=O)[C@@]1(C)C(=O)C=C[C@@]2(C)C1=C(O)C(=O)[C@@]1(C)C3=CC[C@@H](C4=CC(O)OC4=O)[C@]3(C)[C@@H](OC(=O)C(C)C)[C@H](OC(C)=O)[C@@H]12. The molecule has 0 bridgehead atoms. The van der Waals surface area contributed by atoms with Crippen molar-refractivity contribution in [1.29, 1.82) is 0 Å². The lowest BCUT2D eigenvalue weighted by Gasteiger charge is -2.63. The van der Waals surface area contributed by atoms with Crippen molar-refractivity contribution in [3.8, 4) is 0 Å². The van der Waals surface area contributed by atoms with Crippen LogP contribution in [0.5, 0.6) is 0 Å².